The Hall–Kier alpha value is -0.380. The van der Waals surface area contributed by atoms with Gasteiger partial charge in [0.2, 0.25) is 0 Å². The highest BCUT2D eigenvalue weighted by molar-refractivity contribution is 7.07. The fourth-order valence-corrected chi connectivity index (χ4v) is 4.00. The van der Waals surface area contributed by atoms with Crippen LogP contribution in [0.3, 0.4) is 0 Å². The van der Waals surface area contributed by atoms with Gasteiger partial charge in [-0.2, -0.15) is 11.3 Å². The predicted molar refractivity (Wildman–Crippen MR) is 66.6 cm³/mol. The Morgan fingerprint density at radius 1 is 1.50 bits per heavy atom. The SMILES string of the molecule is NCC1(CCc2ccsc2)CC2CCC1O2. The van der Waals surface area contributed by atoms with Crippen molar-refractivity contribution in [2.24, 2.45) is 11.1 Å². The molecule has 2 N–H and O–H groups in total. The fourth-order valence-electron chi connectivity index (χ4n) is 3.30. The lowest BCUT2D eigenvalue weighted by atomic mass is 9.70. The monoisotopic (exact) mass is 237 g/mol. The first-order valence-electron chi connectivity index (χ1n) is 6.19. The van der Waals surface area contributed by atoms with Crippen molar-refractivity contribution in [2.45, 2.75) is 44.3 Å². The smallest absolute Gasteiger partial charge is 0.0649 e. The van der Waals surface area contributed by atoms with Gasteiger partial charge in [-0.3, -0.25) is 0 Å². The number of nitrogens with two attached hydrogens (primary N) is 1. The van der Waals surface area contributed by atoms with E-state index in [1.54, 1.807) is 11.3 Å². The van der Waals surface area contributed by atoms with Gasteiger partial charge >= 0.3 is 0 Å². The summed E-state index contributed by atoms with van der Waals surface area (Å²) in [4.78, 5) is 0. The van der Waals surface area contributed by atoms with Crippen LogP contribution < -0.4 is 5.73 Å². The lowest BCUT2D eigenvalue weighted by molar-refractivity contribution is 0.0600. The lowest BCUT2D eigenvalue weighted by Crippen LogP contribution is -2.40. The molecule has 3 unspecified atom stereocenters. The van der Waals surface area contributed by atoms with Gasteiger partial charge in [-0.15, -0.1) is 0 Å². The Balaban J connectivity index is 1.67. The zero-order valence-electron chi connectivity index (χ0n) is 9.52. The minimum atomic E-state index is 0.283. The summed E-state index contributed by atoms with van der Waals surface area (Å²) >= 11 is 1.78. The summed E-state index contributed by atoms with van der Waals surface area (Å²) < 4.78 is 5.97. The van der Waals surface area contributed by atoms with Crippen LogP contribution in [0.4, 0.5) is 0 Å². The molecular formula is C13H19NOS. The van der Waals surface area contributed by atoms with Gasteiger partial charge in [-0.25, -0.2) is 0 Å². The molecule has 0 aliphatic carbocycles. The maximum absolute atomic E-state index is 6.02. The molecule has 2 nitrogen and oxygen atoms in total. The highest BCUT2D eigenvalue weighted by Gasteiger charge is 2.50. The topological polar surface area (TPSA) is 35.2 Å². The van der Waals surface area contributed by atoms with E-state index in [0.29, 0.717) is 12.2 Å². The summed E-state index contributed by atoms with van der Waals surface area (Å²) in [5.41, 5.74) is 7.76. The van der Waals surface area contributed by atoms with Crippen LogP contribution in [0, 0.1) is 5.41 Å². The molecule has 3 heteroatoms. The first-order valence-corrected chi connectivity index (χ1v) is 7.13. The zero-order chi connectivity index (χ0) is 11.0. The van der Waals surface area contributed by atoms with Crippen LogP contribution in [0.15, 0.2) is 16.8 Å². The molecule has 16 heavy (non-hydrogen) atoms. The lowest BCUT2D eigenvalue weighted by Gasteiger charge is -2.34. The molecule has 0 saturated carbocycles. The zero-order valence-corrected chi connectivity index (χ0v) is 10.3. The van der Waals surface area contributed by atoms with Gasteiger partial charge in [-0.05, 0) is 54.5 Å². The van der Waals surface area contributed by atoms with Crippen molar-refractivity contribution in [2.75, 3.05) is 6.54 Å². The molecule has 2 aliphatic rings. The van der Waals surface area contributed by atoms with Crippen LogP contribution >= 0.6 is 11.3 Å². The van der Waals surface area contributed by atoms with E-state index < -0.39 is 0 Å². The highest BCUT2D eigenvalue weighted by Crippen LogP contribution is 2.49. The second-order valence-electron chi connectivity index (χ2n) is 5.23. The number of thiophene rings is 1. The van der Waals surface area contributed by atoms with Crippen molar-refractivity contribution in [3.05, 3.63) is 22.4 Å². The molecule has 0 amide bonds. The number of aryl methyl sites for hydroxylation is 1. The standard InChI is InChI=1S/C13H19NOS/c14-9-13(5-3-10-4-6-16-8-10)7-11-1-2-12(13)15-11/h4,6,8,11-12H,1-3,5,7,9,14H2. The van der Waals surface area contributed by atoms with Crippen LogP contribution in [0.25, 0.3) is 0 Å². The molecule has 2 saturated heterocycles. The van der Waals surface area contributed by atoms with Crippen molar-refractivity contribution in [3.63, 3.8) is 0 Å². The summed E-state index contributed by atoms with van der Waals surface area (Å²) in [5, 5.41) is 4.40. The van der Waals surface area contributed by atoms with Gasteiger partial charge in [0.1, 0.15) is 0 Å². The summed E-state index contributed by atoms with van der Waals surface area (Å²) in [6.07, 6.45) is 6.99. The Labute approximate surface area is 101 Å². The van der Waals surface area contributed by atoms with E-state index in [0.717, 1.165) is 13.0 Å². The molecule has 2 fully saturated rings. The van der Waals surface area contributed by atoms with Crippen LogP contribution in [0.1, 0.15) is 31.2 Å². The van der Waals surface area contributed by atoms with Gasteiger partial charge in [0.05, 0.1) is 12.2 Å². The molecule has 2 bridgehead atoms. The van der Waals surface area contributed by atoms with Crippen LogP contribution in [-0.2, 0) is 11.2 Å². The quantitative estimate of drug-likeness (QED) is 0.873. The molecule has 88 valence electrons. The van der Waals surface area contributed by atoms with E-state index in [9.17, 15) is 0 Å². The van der Waals surface area contributed by atoms with E-state index in [2.05, 4.69) is 16.8 Å². The number of hydrogen-bond donors (Lipinski definition) is 1. The van der Waals surface area contributed by atoms with Crippen LogP contribution in [0.5, 0.6) is 0 Å². The van der Waals surface area contributed by atoms with Crippen LogP contribution in [-0.4, -0.2) is 18.8 Å². The maximum atomic E-state index is 6.02. The van der Waals surface area contributed by atoms with Crippen LogP contribution in [0.2, 0.25) is 0 Å². The third-order valence-corrected chi connectivity index (χ3v) is 5.06. The van der Waals surface area contributed by atoms with Crippen molar-refractivity contribution >= 4 is 11.3 Å². The molecule has 3 atom stereocenters. The molecule has 1 aromatic rings. The molecule has 3 heterocycles. The Morgan fingerprint density at radius 3 is 3.00 bits per heavy atom. The van der Waals surface area contributed by atoms with Gasteiger partial charge < -0.3 is 10.5 Å². The molecular weight excluding hydrogens is 218 g/mol. The largest absolute Gasteiger partial charge is 0.374 e. The van der Waals surface area contributed by atoms with Crippen molar-refractivity contribution < 1.29 is 4.74 Å². The second-order valence-corrected chi connectivity index (χ2v) is 6.01. The minimum absolute atomic E-state index is 0.283. The average molecular weight is 237 g/mol. The fraction of sp³-hybridized carbons (Fsp3) is 0.692. The van der Waals surface area contributed by atoms with Gasteiger partial charge in [0.15, 0.2) is 0 Å². The third-order valence-electron chi connectivity index (χ3n) is 4.32. The Bertz CT molecular complexity index is 351. The van der Waals surface area contributed by atoms with Crippen molar-refractivity contribution in [3.8, 4) is 0 Å². The number of rotatable bonds is 4. The first-order chi connectivity index (χ1) is 7.82. The summed E-state index contributed by atoms with van der Waals surface area (Å²) in [6.45, 7) is 0.790. The molecule has 0 spiro atoms. The van der Waals surface area contributed by atoms with Gasteiger partial charge in [-0.1, -0.05) is 0 Å². The van der Waals surface area contributed by atoms with Crippen molar-refractivity contribution in [1.29, 1.82) is 0 Å². The first kappa shape index (κ1) is 10.8. The number of fused-ring (bicyclic) bond motifs is 2. The molecule has 0 aromatic carbocycles. The summed E-state index contributed by atoms with van der Waals surface area (Å²) in [6, 6.07) is 2.23. The third kappa shape index (κ3) is 1.71. The van der Waals surface area contributed by atoms with E-state index in [-0.39, 0.29) is 5.41 Å². The molecule has 0 radical (unpaired) electrons. The molecule has 2 aliphatic heterocycles. The maximum Gasteiger partial charge on any atom is 0.0649 e. The van der Waals surface area contributed by atoms with E-state index >= 15 is 0 Å². The second kappa shape index (κ2) is 4.13. The number of hydrogen-bond acceptors (Lipinski definition) is 3. The van der Waals surface area contributed by atoms with E-state index in [1.165, 1.54) is 31.2 Å². The van der Waals surface area contributed by atoms with E-state index in [4.69, 9.17) is 10.5 Å². The minimum Gasteiger partial charge on any atom is -0.374 e. The highest BCUT2D eigenvalue weighted by atomic mass is 32.1. The Kier molecular flexibility index (Phi) is 2.78. The van der Waals surface area contributed by atoms with Gasteiger partial charge in [0.25, 0.3) is 0 Å². The molecule has 3 rings (SSSR count). The van der Waals surface area contributed by atoms with Crippen molar-refractivity contribution in [1.82, 2.24) is 0 Å². The van der Waals surface area contributed by atoms with Gasteiger partial charge in [0, 0.05) is 12.0 Å². The number of ether oxygens (including phenoxy) is 1. The van der Waals surface area contributed by atoms with E-state index in [1.807, 2.05) is 0 Å². The summed E-state index contributed by atoms with van der Waals surface area (Å²) in [5.74, 6) is 0. The molecule has 1 aromatic heterocycles. The summed E-state index contributed by atoms with van der Waals surface area (Å²) in [7, 11) is 0. The Morgan fingerprint density at radius 2 is 2.44 bits per heavy atom. The average Bonchev–Trinajstić information content (AvgIpc) is 3.02. The normalized spacial score (nSPS) is 37.1. The predicted octanol–water partition coefficient (Wildman–Crippen LogP) is 2.58.